The Morgan fingerprint density at radius 1 is 1.12 bits per heavy atom. The maximum absolute atomic E-state index is 13.3. The van der Waals surface area contributed by atoms with Gasteiger partial charge in [0.15, 0.2) is 17.5 Å². The highest BCUT2D eigenvalue weighted by molar-refractivity contribution is 6.02. The largest absolute Gasteiger partial charge is 0.292 e. The maximum atomic E-state index is 13.3. The van der Waals surface area contributed by atoms with Gasteiger partial charge in [-0.15, -0.1) is 5.10 Å². The van der Waals surface area contributed by atoms with E-state index in [1.54, 1.807) is 36.4 Å². The number of rotatable bonds is 4. The van der Waals surface area contributed by atoms with E-state index in [1.807, 2.05) is 0 Å². The fourth-order valence-corrected chi connectivity index (χ4v) is 2.22. The number of Topliss-reactive ketones (excluding diaryl/α,β-unsaturated/α-hetero) is 1. The highest BCUT2D eigenvalue weighted by Crippen LogP contribution is 2.21. The molecule has 0 unspecified atom stereocenters. The lowest BCUT2D eigenvalue weighted by Gasteiger charge is -2.09. The van der Waals surface area contributed by atoms with E-state index in [4.69, 9.17) is 0 Å². The minimum absolute atomic E-state index is 0.0293. The lowest BCUT2D eigenvalue weighted by atomic mass is 9.98. The number of carbonyl (C=O) groups is 1. The summed E-state index contributed by atoms with van der Waals surface area (Å²) in [5.41, 5.74) is 0.289. The van der Waals surface area contributed by atoms with Crippen LogP contribution in [0.3, 0.4) is 0 Å². The minimum Gasteiger partial charge on any atom is -0.292 e. The first-order valence-electron chi connectivity index (χ1n) is 6.84. The molecule has 2 aromatic carbocycles. The normalized spacial score (nSPS) is 11.7. The molecule has 0 aliphatic heterocycles. The first-order valence-corrected chi connectivity index (χ1v) is 6.84. The number of nitriles is 1. The second kappa shape index (κ2) is 6.34. The first kappa shape index (κ1) is 15.4. The van der Waals surface area contributed by atoms with Crippen LogP contribution in [0.25, 0.3) is 5.69 Å². The number of tetrazole rings is 1. The average Bonchev–Trinajstić information content (AvgIpc) is 3.05. The smallest absolute Gasteiger partial charge is 0.188 e. The molecule has 8 heteroatoms. The molecular formula is C16H9F2N5O. The highest BCUT2D eigenvalue weighted by Gasteiger charge is 2.28. The van der Waals surface area contributed by atoms with Crippen LogP contribution in [0.2, 0.25) is 0 Å². The zero-order valence-electron chi connectivity index (χ0n) is 12.1. The third-order valence-electron chi connectivity index (χ3n) is 3.29. The minimum atomic E-state index is -1.40. The van der Waals surface area contributed by atoms with Crippen LogP contribution in [0.5, 0.6) is 0 Å². The molecule has 1 atom stereocenters. The molecule has 0 N–H and O–H groups in total. The molecule has 0 saturated carbocycles. The van der Waals surface area contributed by atoms with Gasteiger partial charge in [-0.05, 0) is 34.7 Å². The number of para-hydroxylation sites is 1. The molecular weight excluding hydrogens is 316 g/mol. The Hall–Kier alpha value is -3.47. The van der Waals surface area contributed by atoms with Crippen molar-refractivity contribution in [1.29, 1.82) is 5.26 Å². The molecule has 0 aliphatic rings. The summed E-state index contributed by atoms with van der Waals surface area (Å²) in [6.07, 6.45) is 0. The zero-order chi connectivity index (χ0) is 17.1. The van der Waals surface area contributed by atoms with Crippen molar-refractivity contribution in [3.63, 3.8) is 0 Å². The van der Waals surface area contributed by atoms with Crippen LogP contribution >= 0.6 is 0 Å². The lowest BCUT2D eigenvalue weighted by Crippen LogP contribution is -2.17. The molecule has 0 saturated heterocycles. The van der Waals surface area contributed by atoms with Gasteiger partial charge in [-0.2, -0.15) is 9.94 Å². The van der Waals surface area contributed by atoms with Gasteiger partial charge < -0.3 is 0 Å². The van der Waals surface area contributed by atoms with E-state index in [9.17, 15) is 18.8 Å². The lowest BCUT2D eigenvalue weighted by molar-refractivity contribution is 0.0974. The molecule has 0 spiro atoms. The van der Waals surface area contributed by atoms with Gasteiger partial charge >= 0.3 is 0 Å². The molecule has 0 radical (unpaired) electrons. The maximum Gasteiger partial charge on any atom is 0.188 e. The number of carbonyl (C=O) groups excluding carboxylic acids is 1. The van der Waals surface area contributed by atoms with Crippen LogP contribution in [0.1, 0.15) is 22.1 Å². The monoisotopic (exact) mass is 325 g/mol. The Kier molecular flexibility index (Phi) is 4.07. The van der Waals surface area contributed by atoms with Gasteiger partial charge in [-0.3, -0.25) is 4.79 Å². The van der Waals surface area contributed by atoms with Gasteiger partial charge in [0.05, 0.1) is 11.8 Å². The SMILES string of the molecule is N#C[C@@H](C(=O)c1cc(F)cc(F)c1)c1nnnn1-c1ccccc1. The molecule has 0 aliphatic carbocycles. The Labute approximate surface area is 135 Å². The summed E-state index contributed by atoms with van der Waals surface area (Å²) in [4.78, 5) is 12.5. The van der Waals surface area contributed by atoms with Crippen molar-refractivity contribution in [3.05, 3.63) is 71.6 Å². The molecule has 0 amide bonds. The van der Waals surface area contributed by atoms with E-state index < -0.39 is 23.3 Å². The summed E-state index contributed by atoms with van der Waals surface area (Å²) in [6, 6.07) is 12.8. The van der Waals surface area contributed by atoms with Gasteiger partial charge in [0.1, 0.15) is 11.6 Å². The molecule has 24 heavy (non-hydrogen) atoms. The van der Waals surface area contributed by atoms with E-state index in [2.05, 4.69) is 15.5 Å². The Bertz CT molecular complexity index is 913. The topological polar surface area (TPSA) is 84.5 Å². The first-order chi connectivity index (χ1) is 11.6. The molecule has 3 aromatic rings. The van der Waals surface area contributed by atoms with E-state index in [0.717, 1.165) is 12.1 Å². The standard InChI is InChI=1S/C16H9F2N5O/c17-11-6-10(7-12(18)8-11)15(24)14(9-19)16-20-21-22-23(16)13-4-2-1-3-5-13/h1-8,14H/t14-/m0/s1. The van der Waals surface area contributed by atoms with Crippen LogP contribution in [0.15, 0.2) is 48.5 Å². The Morgan fingerprint density at radius 3 is 2.42 bits per heavy atom. The van der Waals surface area contributed by atoms with Crippen LogP contribution in [0, 0.1) is 23.0 Å². The van der Waals surface area contributed by atoms with Gasteiger partial charge in [-0.25, -0.2) is 8.78 Å². The summed E-state index contributed by atoms with van der Waals surface area (Å²) >= 11 is 0. The van der Waals surface area contributed by atoms with Crippen molar-refractivity contribution in [1.82, 2.24) is 20.2 Å². The number of ketones is 1. The molecule has 118 valence electrons. The number of aromatic nitrogens is 4. The molecule has 1 aromatic heterocycles. The second-order valence-corrected chi connectivity index (χ2v) is 4.87. The number of benzene rings is 2. The fraction of sp³-hybridized carbons (Fsp3) is 0.0625. The number of halogens is 2. The molecule has 3 rings (SSSR count). The van der Waals surface area contributed by atoms with E-state index in [-0.39, 0.29) is 11.4 Å². The predicted octanol–water partition coefficient (Wildman–Crippen LogP) is 2.43. The number of nitrogens with zero attached hydrogens (tertiary/aromatic N) is 5. The molecule has 0 fully saturated rings. The molecule has 1 heterocycles. The Morgan fingerprint density at radius 2 is 1.79 bits per heavy atom. The molecule has 6 nitrogen and oxygen atoms in total. The van der Waals surface area contributed by atoms with Crippen molar-refractivity contribution in [3.8, 4) is 11.8 Å². The summed E-state index contributed by atoms with van der Waals surface area (Å²) < 4.78 is 27.9. The van der Waals surface area contributed by atoms with E-state index in [0.29, 0.717) is 11.8 Å². The van der Waals surface area contributed by atoms with Crippen molar-refractivity contribution < 1.29 is 13.6 Å². The summed E-state index contributed by atoms with van der Waals surface area (Å²) in [7, 11) is 0. The highest BCUT2D eigenvalue weighted by atomic mass is 19.1. The summed E-state index contributed by atoms with van der Waals surface area (Å²) in [5.74, 6) is -4.03. The third-order valence-corrected chi connectivity index (χ3v) is 3.29. The summed E-state index contributed by atoms with van der Waals surface area (Å²) in [6.45, 7) is 0. The van der Waals surface area contributed by atoms with Gasteiger partial charge in [-0.1, -0.05) is 18.2 Å². The predicted molar refractivity (Wildman–Crippen MR) is 78.2 cm³/mol. The van der Waals surface area contributed by atoms with Gasteiger partial charge in [0.2, 0.25) is 0 Å². The number of hydrogen-bond acceptors (Lipinski definition) is 5. The summed E-state index contributed by atoms with van der Waals surface area (Å²) in [5, 5.41) is 20.4. The third kappa shape index (κ3) is 2.87. The van der Waals surface area contributed by atoms with Crippen LogP contribution in [-0.2, 0) is 0 Å². The van der Waals surface area contributed by atoms with Crippen molar-refractivity contribution >= 4 is 5.78 Å². The van der Waals surface area contributed by atoms with E-state index in [1.165, 1.54) is 4.68 Å². The zero-order valence-corrected chi connectivity index (χ0v) is 12.1. The molecule has 0 bridgehead atoms. The fourth-order valence-electron chi connectivity index (χ4n) is 2.22. The van der Waals surface area contributed by atoms with Crippen molar-refractivity contribution in [2.45, 2.75) is 5.92 Å². The van der Waals surface area contributed by atoms with Crippen LogP contribution < -0.4 is 0 Å². The quantitative estimate of drug-likeness (QED) is 0.688. The Balaban J connectivity index is 2.03. The average molecular weight is 325 g/mol. The van der Waals surface area contributed by atoms with Crippen LogP contribution in [-0.4, -0.2) is 26.0 Å². The van der Waals surface area contributed by atoms with Crippen molar-refractivity contribution in [2.24, 2.45) is 0 Å². The van der Waals surface area contributed by atoms with Crippen LogP contribution in [0.4, 0.5) is 8.78 Å². The van der Waals surface area contributed by atoms with Crippen molar-refractivity contribution in [2.75, 3.05) is 0 Å². The van der Waals surface area contributed by atoms with Gasteiger partial charge in [0, 0.05) is 11.6 Å². The van der Waals surface area contributed by atoms with E-state index >= 15 is 0 Å². The van der Waals surface area contributed by atoms with Gasteiger partial charge in [0.25, 0.3) is 0 Å². The second-order valence-electron chi connectivity index (χ2n) is 4.87. The number of hydrogen-bond donors (Lipinski definition) is 0.